The number of carbonyl (C=O) groups excluding carboxylic acids is 1. The zero-order valence-electron chi connectivity index (χ0n) is 10.6. The van der Waals surface area contributed by atoms with Crippen molar-refractivity contribution in [1.82, 2.24) is 4.98 Å². The summed E-state index contributed by atoms with van der Waals surface area (Å²) in [5, 5.41) is 1.03. The van der Waals surface area contributed by atoms with Crippen molar-refractivity contribution in [2.24, 2.45) is 0 Å². The fraction of sp³-hybridized carbons (Fsp3) is 0.333. The molecule has 1 aliphatic rings. The largest absolute Gasteiger partial charge is 0.394 e. The average molecular weight is 279 g/mol. The van der Waals surface area contributed by atoms with Crippen molar-refractivity contribution in [2.45, 2.75) is 31.9 Å². The molecule has 0 atom stereocenters. The van der Waals surface area contributed by atoms with Crippen LogP contribution < -0.4 is 0 Å². The number of nitrogens with zero attached hydrogens (tertiary/aromatic N) is 1. The third kappa shape index (κ3) is 2.28. The zero-order chi connectivity index (χ0) is 14.3. The molecule has 1 heterocycles. The summed E-state index contributed by atoms with van der Waals surface area (Å²) in [6, 6.07) is 6.72. The fourth-order valence-electron chi connectivity index (χ4n) is 2.75. The summed E-state index contributed by atoms with van der Waals surface area (Å²) < 4.78 is 38.0. The number of ketones is 1. The first kappa shape index (κ1) is 13.1. The van der Waals surface area contributed by atoms with E-state index in [-0.39, 0.29) is 11.5 Å². The van der Waals surface area contributed by atoms with Crippen LogP contribution in [0.2, 0.25) is 0 Å². The summed E-state index contributed by atoms with van der Waals surface area (Å²) in [7, 11) is 0. The molecule has 0 saturated heterocycles. The first-order valence-electron chi connectivity index (χ1n) is 6.46. The summed E-state index contributed by atoms with van der Waals surface area (Å²) >= 11 is 0. The van der Waals surface area contributed by atoms with Crippen LogP contribution in [0, 0.1) is 0 Å². The molecule has 0 radical (unpaired) electrons. The first-order valence-corrected chi connectivity index (χ1v) is 6.46. The number of aromatic nitrogens is 1. The molecule has 2 aromatic rings. The third-order valence-electron chi connectivity index (χ3n) is 3.53. The number of hydrogen-bond acceptors (Lipinski definition) is 2. The minimum Gasteiger partial charge on any atom is -0.294 e. The Morgan fingerprint density at radius 1 is 1.10 bits per heavy atom. The van der Waals surface area contributed by atoms with Crippen LogP contribution in [0.3, 0.4) is 0 Å². The highest BCUT2D eigenvalue weighted by Crippen LogP contribution is 2.32. The van der Waals surface area contributed by atoms with Crippen molar-refractivity contribution in [1.29, 1.82) is 0 Å². The lowest BCUT2D eigenvalue weighted by molar-refractivity contribution is -0.127. The van der Waals surface area contributed by atoms with Crippen molar-refractivity contribution in [3.8, 4) is 0 Å². The fourth-order valence-corrected chi connectivity index (χ4v) is 2.75. The molecular weight excluding hydrogens is 267 g/mol. The summed E-state index contributed by atoms with van der Waals surface area (Å²) in [6.07, 6.45) is -3.70. The van der Waals surface area contributed by atoms with Crippen LogP contribution >= 0.6 is 0 Å². The lowest BCUT2D eigenvalue weighted by atomic mass is 9.89. The van der Waals surface area contributed by atoms with E-state index >= 15 is 0 Å². The molecule has 0 saturated carbocycles. The highest BCUT2D eigenvalue weighted by atomic mass is 19.4. The van der Waals surface area contributed by atoms with E-state index in [9.17, 15) is 18.0 Å². The normalized spacial score (nSPS) is 15.4. The second-order valence-corrected chi connectivity index (χ2v) is 4.99. The maximum Gasteiger partial charge on any atom is 0.394 e. The van der Waals surface area contributed by atoms with Gasteiger partial charge in [0.25, 0.3) is 0 Å². The number of benzene rings is 1. The van der Waals surface area contributed by atoms with Crippen LogP contribution in [0.1, 0.15) is 34.6 Å². The van der Waals surface area contributed by atoms with E-state index < -0.39 is 12.6 Å². The highest BCUT2D eigenvalue weighted by Gasteiger charge is 2.31. The van der Waals surface area contributed by atoms with E-state index in [0.29, 0.717) is 41.3 Å². The van der Waals surface area contributed by atoms with Crippen molar-refractivity contribution < 1.29 is 18.0 Å². The van der Waals surface area contributed by atoms with E-state index in [2.05, 4.69) is 4.98 Å². The number of alkyl halides is 3. The Morgan fingerprint density at radius 2 is 1.80 bits per heavy atom. The van der Waals surface area contributed by atoms with Gasteiger partial charge in [-0.15, -0.1) is 0 Å². The molecule has 20 heavy (non-hydrogen) atoms. The van der Waals surface area contributed by atoms with Crippen LogP contribution in [-0.4, -0.2) is 16.9 Å². The Hall–Kier alpha value is -1.91. The van der Waals surface area contributed by atoms with Crippen LogP contribution in [0.15, 0.2) is 24.3 Å². The van der Waals surface area contributed by atoms with Gasteiger partial charge in [0.1, 0.15) is 0 Å². The summed E-state index contributed by atoms with van der Waals surface area (Å²) in [4.78, 5) is 16.2. The SMILES string of the molecule is O=C1CCCc2nc(CC(F)(F)F)c3ccccc3c21. The minimum atomic E-state index is -4.30. The number of Topliss-reactive ketones (excluding diaryl/α,β-unsaturated/α-hetero) is 1. The van der Waals surface area contributed by atoms with Gasteiger partial charge in [0.15, 0.2) is 5.78 Å². The predicted octanol–water partition coefficient (Wildman–Crippen LogP) is 3.86. The van der Waals surface area contributed by atoms with Crippen molar-refractivity contribution in [2.75, 3.05) is 0 Å². The topological polar surface area (TPSA) is 30.0 Å². The summed E-state index contributed by atoms with van der Waals surface area (Å²) in [5.41, 5.74) is 1.04. The quantitative estimate of drug-likeness (QED) is 0.793. The van der Waals surface area contributed by atoms with Crippen molar-refractivity contribution in [3.05, 3.63) is 41.2 Å². The molecule has 3 rings (SSSR count). The van der Waals surface area contributed by atoms with Crippen molar-refractivity contribution in [3.63, 3.8) is 0 Å². The van der Waals surface area contributed by atoms with E-state index in [1.807, 2.05) is 0 Å². The molecule has 0 fully saturated rings. The van der Waals surface area contributed by atoms with Gasteiger partial charge in [0.05, 0.1) is 17.8 Å². The van der Waals surface area contributed by atoms with Crippen LogP contribution in [0.4, 0.5) is 13.2 Å². The summed E-state index contributed by atoms with van der Waals surface area (Å²) in [6.45, 7) is 0. The maximum atomic E-state index is 12.7. The third-order valence-corrected chi connectivity index (χ3v) is 3.53. The molecule has 5 heteroatoms. The van der Waals surface area contributed by atoms with E-state index in [1.165, 1.54) is 0 Å². The molecule has 2 nitrogen and oxygen atoms in total. The molecule has 0 spiro atoms. The molecule has 0 amide bonds. The lowest BCUT2D eigenvalue weighted by Crippen LogP contribution is -2.18. The Morgan fingerprint density at radius 3 is 2.50 bits per heavy atom. The average Bonchev–Trinajstić information content (AvgIpc) is 2.37. The monoisotopic (exact) mass is 279 g/mol. The van der Waals surface area contributed by atoms with E-state index in [0.717, 1.165) is 0 Å². The Kier molecular flexibility index (Phi) is 3.00. The molecular formula is C15H12F3NO. The molecule has 104 valence electrons. The Bertz CT molecular complexity index is 691. The van der Waals surface area contributed by atoms with Gasteiger partial charge in [-0.3, -0.25) is 9.78 Å². The van der Waals surface area contributed by atoms with Gasteiger partial charge in [-0.1, -0.05) is 24.3 Å². The molecule has 1 aromatic heterocycles. The van der Waals surface area contributed by atoms with Gasteiger partial charge < -0.3 is 0 Å². The van der Waals surface area contributed by atoms with Gasteiger partial charge in [0.2, 0.25) is 0 Å². The van der Waals surface area contributed by atoms with Gasteiger partial charge >= 0.3 is 6.18 Å². The molecule has 0 bridgehead atoms. The smallest absolute Gasteiger partial charge is 0.294 e. The molecule has 0 unspecified atom stereocenters. The molecule has 1 aliphatic carbocycles. The lowest BCUT2D eigenvalue weighted by Gasteiger charge is -2.19. The van der Waals surface area contributed by atoms with Crippen LogP contribution in [-0.2, 0) is 12.8 Å². The number of aryl methyl sites for hydroxylation is 1. The standard InChI is InChI=1S/C15H12F3NO/c16-15(17,18)8-12-9-4-1-2-5-10(9)14-11(19-12)6-3-7-13(14)20/h1-2,4-5H,3,6-8H2. The van der Waals surface area contributed by atoms with Gasteiger partial charge in [0, 0.05) is 17.4 Å². The molecule has 1 aromatic carbocycles. The zero-order valence-corrected chi connectivity index (χ0v) is 10.6. The molecule has 0 aliphatic heterocycles. The second-order valence-electron chi connectivity index (χ2n) is 4.99. The van der Waals surface area contributed by atoms with E-state index in [1.54, 1.807) is 24.3 Å². The number of pyridine rings is 1. The Labute approximate surface area is 113 Å². The number of hydrogen-bond donors (Lipinski definition) is 0. The second kappa shape index (κ2) is 4.58. The van der Waals surface area contributed by atoms with Gasteiger partial charge in [-0.25, -0.2) is 0 Å². The number of rotatable bonds is 1. The highest BCUT2D eigenvalue weighted by molar-refractivity contribution is 6.10. The summed E-state index contributed by atoms with van der Waals surface area (Å²) in [5.74, 6) is -0.0199. The maximum absolute atomic E-state index is 12.7. The van der Waals surface area contributed by atoms with Crippen LogP contribution in [0.5, 0.6) is 0 Å². The minimum absolute atomic E-state index is 0.0153. The van der Waals surface area contributed by atoms with Gasteiger partial charge in [-0.2, -0.15) is 13.2 Å². The Balaban J connectivity index is 2.27. The predicted molar refractivity (Wildman–Crippen MR) is 68.8 cm³/mol. The number of fused-ring (bicyclic) bond motifs is 3. The number of halogens is 3. The molecule has 0 N–H and O–H groups in total. The first-order chi connectivity index (χ1) is 9.46. The van der Waals surface area contributed by atoms with Crippen molar-refractivity contribution >= 4 is 16.6 Å². The van der Waals surface area contributed by atoms with Gasteiger partial charge in [-0.05, 0) is 18.2 Å². The van der Waals surface area contributed by atoms with Crippen LogP contribution in [0.25, 0.3) is 10.8 Å². The van der Waals surface area contributed by atoms with E-state index in [4.69, 9.17) is 0 Å². The number of carbonyl (C=O) groups is 1.